The van der Waals surface area contributed by atoms with Gasteiger partial charge in [-0.3, -0.25) is 19.4 Å². The molecule has 2 heterocycles. The van der Waals surface area contributed by atoms with E-state index in [0.29, 0.717) is 25.8 Å². The van der Waals surface area contributed by atoms with Gasteiger partial charge >= 0.3 is 6.09 Å². The summed E-state index contributed by atoms with van der Waals surface area (Å²) in [7, 11) is 0. The van der Waals surface area contributed by atoms with Crippen LogP contribution in [0.15, 0.2) is 48.8 Å². The second kappa shape index (κ2) is 12.8. The number of ketones is 2. The second-order valence-electron chi connectivity index (χ2n) is 9.26. The van der Waals surface area contributed by atoms with E-state index in [1.807, 2.05) is 44.2 Å². The van der Waals surface area contributed by atoms with Crippen LogP contribution in [0.4, 0.5) is 4.79 Å². The van der Waals surface area contributed by atoms with E-state index in [1.54, 1.807) is 12.4 Å². The topological polar surface area (TPSA) is 114 Å². The van der Waals surface area contributed by atoms with Gasteiger partial charge in [-0.05, 0) is 48.3 Å². The third-order valence-corrected chi connectivity index (χ3v) is 6.10. The molecule has 0 fully saturated rings. The number of alkyl carbamates (subject to hydrolysis) is 1. The lowest BCUT2D eigenvalue weighted by molar-refractivity contribution is -0.141. The molecule has 2 unspecified atom stereocenters. The van der Waals surface area contributed by atoms with E-state index in [9.17, 15) is 19.2 Å². The van der Waals surface area contributed by atoms with Crippen LogP contribution < -0.4 is 10.6 Å². The highest BCUT2D eigenvalue weighted by Gasteiger charge is 2.32. The molecule has 0 saturated heterocycles. The van der Waals surface area contributed by atoms with E-state index in [-0.39, 0.29) is 24.7 Å². The molecule has 1 aromatic carbocycles. The minimum absolute atomic E-state index is 0.0834. The molecule has 3 rings (SSSR count). The van der Waals surface area contributed by atoms with E-state index < -0.39 is 29.7 Å². The van der Waals surface area contributed by atoms with Crippen molar-refractivity contribution in [2.75, 3.05) is 6.54 Å². The summed E-state index contributed by atoms with van der Waals surface area (Å²) in [5.74, 6) is -2.57. The molecule has 8 heteroatoms. The molecular formula is C27H33N3O5. The van der Waals surface area contributed by atoms with Crippen molar-refractivity contribution in [3.8, 4) is 0 Å². The quantitative estimate of drug-likeness (QED) is 0.590. The highest BCUT2D eigenvalue weighted by molar-refractivity contribution is 6.37. The summed E-state index contributed by atoms with van der Waals surface area (Å²) in [6.07, 6.45) is 5.03. The summed E-state index contributed by atoms with van der Waals surface area (Å²) >= 11 is 0. The van der Waals surface area contributed by atoms with Crippen molar-refractivity contribution < 1.29 is 23.9 Å². The van der Waals surface area contributed by atoms with E-state index >= 15 is 0 Å². The number of aromatic nitrogens is 1. The third kappa shape index (κ3) is 8.02. The van der Waals surface area contributed by atoms with Crippen molar-refractivity contribution in [1.82, 2.24) is 15.6 Å². The highest BCUT2D eigenvalue weighted by atomic mass is 16.5. The Labute approximate surface area is 205 Å². The Hall–Kier alpha value is -3.55. The van der Waals surface area contributed by atoms with E-state index in [4.69, 9.17) is 4.74 Å². The molecule has 2 bridgehead atoms. The van der Waals surface area contributed by atoms with Gasteiger partial charge in [0.2, 0.25) is 5.78 Å². The van der Waals surface area contributed by atoms with Crippen LogP contribution in [0, 0.1) is 11.8 Å². The van der Waals surface area contributed by atoms with E-state index in [2.05, 4.69) is 21.7 Å². The first-order valence-corrected chi connectivity index (χ1v) is 12.1. The number of carbonyl (C=O) groups is 4. The lowest BCUT2D eigenvalue weighted by Gasteiger charge is -2.23. The first kappa shape index (κ1) is 26.1. The van der Waals surface area contributed by atoms with Crippen molar-refractivity contribution in [3.63, 3.8) is 0 Å². The number of aryl methyl sites for hydroxylation is 2. The van der Waals surface area contributed by atoms with Crippen molar-refractivity contribution in [2.45, 2.75) is 58.6 Å². The number of amides is 2. The maximum absolute atomic E-state index is 13.2. The van der Waals surface area contributed by atoms with Crippen LogP contribution in [0.3, 0.4) is 0 Å². The number of hydrogen-bond acceptors (Lipinski definition) is 6. The van der Waals surface area contributed by atoms with Crippen LogP contribution in [0.2, 0.25) is 0 Å². The summed E-state index contributed by atoms with van der Waals surface area (Å²) in [5, 5.41) is 5.31. The zero-order valence-corrected chi connectivity index (χ0v) is 20.3. The molecule has 0 radical (unpaired) electrons. The lowest BCUT2D eigenvalue weighted by atomic mass is 9.86. The summed E-state index contributed by atoms with van der Waals surface area (Å²) in [5.41, 5.74) is 2.88. The number of carbonyl (C=O) groups excluding carboxylic acids is 4. The first-order chi connectivity index (χ1) is 16.8. The Kier molecular flexibility index (Phi) is 9.52. The number of hydrogen-bond donors (Lipinski definition) is 2. The average Bonchev–Trinajstić information content (AvgIpc) is 2.85. The van der Waals surface area contributed by atoms with Crippen LogP contribution >= 0.6 is 0 Å². The SMILES string of the molecule is CC(C)C(NC(=O)OCc1ccccc1)C(=O)CC1CCc2cncc(c2)CCCNC(=O)C1=O. The van der Waals surface area contributed by atoms with Crippen LogP contribution in [-0.2, 0) is 38.6 Å². The highest BCUT2D eigenvalue weighted by Crippen LogP contribution is 2.19. The fourth-order valence-corrected chi connectivity index (χ4v) is 4.13. The van der Waals surface area contributed by atoms with Crippen LogP contribution in [0.25, 0.3) is 0 Å². The summed E-state index contributed by atoms with van der Waals surface area (Å²) in [6.45, 7) is 4.08. The number of pyridine rings is 1. The van der Waals surface area contributed by atoms with Crippen molar-refractivity contribution in [2.24, 2.45) is 11.8 Å². The fourth-order valence-electron chi connectivity index (χ4n) is 4.13. The van der Waals surface area contributed by atoms with Gasteiger partial charge < -0.3 is 15.4 Å². The Morgan fingerprint density at radius 3 is 2.54 bits per heavy atom. The zero-order valence-electron chi connectivity index (χ0n) is 20.3. The minimum atomic E-state index is -0.833. The van der Waals surface area contributed by atoms with Crippen molar-refractivity contribution >= 4 is 23.6 Å². The molecule has 2 N–H and O–H groups in total. The molecule has 8 nitrogen and oxygen atoms in total. The Morgan fingerprint density at radius 2 is 1.83 bits per heavy atom. The number of Topliss-reactive ketones (excluding diaryl/α,β-unsaturated/α-hetero) is 2. The smallest absolute Gasteiger partial charge is 0.408 e. The van der Waals surface area contributed by atoms with Crippen molar-refractivity contribution in [1.29, 1.82) is 0 Å². The normalized spacial score (nSPS) is 17.5. The zero-order chi connectivity index (χ0) is 25.2. The first-order valence-electron chi connectivity index (χ1n) is 12.1. The molecular weight excluding hydrogens is 446 g/mol. The summed E-state index contributed by atoms with van der Waals surface area (Å²) in [4.78, 5) is 55.2. The van der Waals surface area contributed by atoms with Gasteiger partial charge in [0.15, 0.2) is 5.78 Å². The van der Waals surface area contributed by atoms with Gasteiger partial charge in [0.25, 0.3) is 5.91 Å². The third-order valence-electron chi connectivity index (χ3n) is 6.10. The average molecular weight is 480 g/mol. The Balaban J connectivity index is 1.66. The number of benzene rings is 1. The molecule has 35 heavy (non-hydrogen) atoms. The predicted molar refractivity (Wildman–Crippen MR) is 130 cm³/mol. The number of ether oxygens (including phenoxy) is 1. The molecule has 0 saturated carbocycles. The van der Waals surface area contributed by atoms with Gasteiger partial charge in [-0.15, -0.1) is 0 Å². The molecule has 1 aromatic heterocycles. The van der Waals surface area contributed by atoms with Crippen LogP contribution in [0.5, 0.6) is 0 Å². The summed E-state index contributed by atoms with van der Waals surface area (Å²) in [6, 6.07) is 10.5. The lowest BCUT2D eigenvalue weighted by Crippen LogP contribution is -2.46. The summed E-state index contributed by atoms with van der Waals surface area (Å²) < 4.78 is 5.26. The van der Waals surface area contributed by atoms with Gasteiger partial charge in [-0.25, -0.2) is 4.79 Å². The maximum Gasteiger partial charge on any atom is 0.408 e. The maximum atomic E-state index is 13.2. The van der Waals surface area contributed by atoms with E-state index in [0.717, 1.165) is 23.1 Å². The number of fused-ring (bicyclic) bond motifs is 2. The molecule has 2 aromatic rings. The molecule has 0 aliphatic carbocycles. The van der Waals surface area contributed by atoms with Crippen LogP contribution in [0.1, 0.15) is 49.8 Å². The molecule has 0 spiro atoms. The second-order valence-corrected chi connectivity index (χ2v) is 9.26. The molecule has 186 valence electrons. The molecule has 1 aliphatic rings. The molecule has 2 amide bonds. The fraction of sp³-hybridized carbons (Fsp3) is 0.444. The molecule has 1 aliphatic heterocycles. The van der Waals surface area contributed by atoms with Gasteiger partial charge in [-0.1, -0.05) is 50.2 Å². The van der Waals surface area contributed by atoms with Gasteiger partial charge in [0, 0.05) is 31.3 Å². The van der Waals surface area contributed by atoms with Gasteiger partial charge in [0.1, 0.15) is 6.61 Å². The Morgan fingerprint density at radius 1 is 1.11 bits per heavy atom. The standard InChI is InChI=1S/C27H33N3O5/c1-18(2)24(30-27(34)35-17-19-7-4-3-5-8-19)23(31)14-22-11-10-21-13-20(15-28-16-21)9-6-12-29-26(33)25(22)32/h3-5,7-8,13,15-16,18,22,24H,6,9-12,14,17H2,1-2H3,(H,29,33)(H,30,34). The number of nitrogens with zero attached hydrogens (tertiary/aromatic N) is 1. The largest absolute Gasteiger partial charge is 0.445 e. The number of rotatable bonds is 7. The molecule has 2 atom stereocenters. The van der Waals surface area contributed by atoms with Gasteiger partial charge in [-0.2, -0.15) is 0 Å². The van der Waals surface area contributed by atoms with E-state index in [1.165, 1.54) is 0 Å². The Bertz CT molecular complexity index is 1040. The van der Waals surface area contributed by atoms with Gasteiger partial charge in [0.05, 0.1) is 6.04 Å². The van der Waals surface area contributed by atoms with Crippen molar-refractivity contribution in [3.05, 3.63) is 65.5 Å². The predicted octanol–water partition coefficient (Wildman–Crippen LogP) is 3.17. The number of nitrogens with one attached hydrogen (secondary N) is 2. The minimum Gasteiger partial charge on any atom is -0.445 e. The monoisotopic (exact) mass is 479 g/mol. The van der Waals surface area contributed by atoms with Crippen LogP contribution in [-0.4, -0.2) is 41.1 Å².